The zero-order valence-electron chi connectivity index (χ0n) is 5.60. The van der Waals surface area contributed by atoms with E-state index in [9.17, 15) is 0 Å². The molecule has 0 aromatic heterocycles. The Morgan fingerprint density at radius 3 is 2.70 bits per heavy atom. The summed E-state index contributed by atoms with van der Waals surface area (Å²) in [7, 11) is 0. The van der Waals surface area contributed by atoms with Gasteiger partial charge < -0.3 is 28.2 Å². The van der Waals surface area contributed by atoms with E-state index in [0.717, 1.165) is 18.1 Å². The molecule has 0 aliphatic carbocycles. The van der Waals surface area contributed by atoms with Crippen molar-refractivity contribution in [3.63, 3.8) is 0 Å². The molecule has 1 heterocycles. The molecule has 1 rings (SSSR count). The Morgan fingerprint density at radius 1 is 1.70 bits per heavy atom. The average Bonchev–Trinajstić information content (AvgIpc) is 1.90. The summed E-state index contributed by atoms with van der Waals surface area (Å²) in [4.78, 5) is 0.745. The Bertz CT molecular complexity index is 116. The quantitative estimate of drug-likeness (QED) is 0.403. The minimum atomic E-state index is 0. The molecule has 0 spiro atoms. The first-order valence-electron chi connectivity index (χ1n) is 2.97. The Balaban J connectivity index is 0.000000810. The first-order valence-corrected chi connectivity index (χ1v) is 3.38. The SMILES string of the molecule is [Cl-].[NH3+]C(=S)C1COCCN1. The summed E-state index contributed by atoms with van der Waals surface area (Å²) < 4.78 is 5.15. The maximum Gasteiger partial charge on any atom is 0.188 e. The molecule has 4 N–H and O–H groups in total. The van der Waals surface area contributed by atoms with Crippen LogP contribution in [0.1, 0.15) is 0 Å². The topological polar surface area (TPSA) is 48.9 Å². The number of rotatable bonds is 1. The fourth-order valence-corrected chi connectivity index (χ4v) is 0.924. The van der Waals surface area contributed by atoms with Gasteiger partial charge in [-0.25, -0.2) is 0 Å². The van der Waals surface area contributed by atoms with Gasteiger partial charge in [0.1, 0.15) is 6.04 Å². The largest absolute Gasteiger partial charge is 1.00 e. The average molecular weight is 183 g/mol. The molecule has 5 heteroatoms. The van der Waals surface area contributed by atoms with Crippen molar-refractivity contribution in [3.05, 3.63) is 0 Å². The summed E-state index contributed by atoms with van der Waals surface area (Å²) in [6, 6.07) is 0.203. The van der Waals surface area contributed by atoms with Crippen LogP contribution in [0.4, 0.5) is 0 Å². The number of nitrogens with one attached hydrogen (secondary N) is 1. The molecule has 0 bridgehead atoms. The van der Waals surface area contributed by atoms with Gasteiger partial charge in [0, 0.05) is 6.54 Å². The van der Waals surface area contributed by atoms with Gasteiger partial charge in [0.05, 0.1) is 13.2 Å². The van der Waals surface area contributed by atoms with Crippen molar-refractivity contribution in [2.24, 2.45) is 0 Å². The zero-order valence-corrected chi connectivity index (χ0v) is 7.17. The van der Waals surface area contributed by atoms with Crippen LogP contribution in [-0.4, -0.2) is 30.8 Å². The lowest BCUT2D eigenvalue weighted by Gasteiger charge is -2.20. The van der Waals surface area contributed by atoms with E-state index in [0.29, 0.717) is 6.61 Å². The molecule has 1 unspecified atom stereocenters. The van der Waals surface area contributed by atoms with Gasteiger partial charge in [-0.3, -0.25) is 0 Å². The summed E-state index contributed by atoms with van der Waals surface area (Å²) in [5.41, 5.74) is 3.65. The lowest BCUT2D eigenvalue weighted by atomic mass is 10.3. The van der Waals surface area contributed by atoms with Crippen LogP contribution in [0.3, 0.4) is 0 Å². The Labute approximate surface area is 71.7 Å². The highest BCUT2D eigenvalue weighted by Crippen LogP contribution is 1.90. The normalized spacial score (nSPS) is 25.1. The molecule has 60 valence electrons. The van der Waals surface area contributed by atoms with E-state index in [1.807, 2.05) is 0 Å². The highest BCUT2D eigenvalue weighted by Gasteiger charge is 2.17. The van der Waals surface area contributed by atoms with Crippen molar-refractivity contribution in [2.75, 3.05) is 19.8 Å². The maximum atomic E-state index is 5.15. The number of halogens is 1. The molecule has 0 amide bonds. The van der Waals surface area contributed by atoms with E-state index in [1.165, 1.54) is 0 Å². The molecule has 0 aromatic rings. The number of hydrogen-bond acceptors (Lipinski definition) is 3. The maximum absolute atomic E-state index is 5.15. The van der Waals surface area contributed by atoms with Crippen molar-refractivity contribution < 1.29 is 22.9 Å². The van der Waals surface area contributed by atoms with Gasteiger partial charge in [-0.1, -0.05) is 0 Å². The monoisotopic (exact) mass is 182 g/mol. The second kappa shape index (κ2) is 4.98. The second-order valence-corrected chi connectivity index (χ2v) is 2.57. The molecule has 1 saturated heterocycles. The molecular weight excluding hydrogens is 172 g/mol. The highest BCUT2D eigenvalue weighted by molar-refractivity contribution is 7.80. The van der Waals surface area contributed by atoms with Gasteiger partial charge in [-0.15, -0.1) is 0 Å². The smallest absolute Gasteiger partial charge is 0.188 e. The summed E-state index contributed by atoms with van der Waals surface area (Å²) in [6.45, 7) is 2.36. The Hall–Kier alpha value is 0.260. The molecule has 0 radical (unpaired) electrons. The third kappa shape index (κ3) is 2.90. The molecule has 0 saturated carbocycles. The summed E-state index contributed by atoms with van der Waals surface area (Å²) in [5.74, 6) is 0. The number of quaternary nitrogens is 1. The summed E-state index contributed by atoms with van der Waals surface area (Å²) in [5, 5.41) is 3.19. The number of morpholine rings is 1. The van der Waals surface area contributed by atoms with Crippen LogP contribution in [0.5, 0.6) is 0 Å². The molecule has 1 aliphatic heterocycles. The number of ether oxygens (including phenoxy) is 1. The third-order valence-electron chi connectivity index (χ3n) is 1.31. The van der Waals surface area contributed by atoms with Gasteiger partial charge in [0.25, 0.3) is 0 Å². The van der Waals surface area contributed by atoms with Gasteiger partial charge in [0.2, 0.25) is 0 Å². The minimum absolute atomic E-state index is 0. The van der Waals surface area contributed by atoms with Crippen molar-refractivity contribution in [1.29, 1.82) is 0 Å². The molecule has 1 fully saturated rings. The lowest BCUT2D eigenvalue weighted by molar-refractivity contribution is -0.216. The Kier molecular flexibility index (Phi) is 5.11. The molecule has 10 heavy (non-hydrogen) atoms. The van der Waals surface area contributed by atoms with E-state index in [1.54, 1.807) is 0 Å². The molecular formula is C5H11ClN2OS. The predicted octanol–water partition coefficient (Wildman–Crippen LogP) is -4.45. The van der Waals surface area contributed by atoms with E-state index < -0.39 is 0 Å². The molecule has 0 aromatic carbocycles. The molecule has 3 nitrogen and oxygen atoms in total. The van der Waals surface area contributed by atoms with Gasteiger partial charge in [-0.2, -0.15) is 0 Å². The fourth-order valence-electron chi connectivity index (χ4n) is 0.772. The zero-order chi connectivity index (χ0) is 6.69. The highest BCUT2D eigenvalue weighted by atomic mass is 35.5. The van der Waals surface area contributed by atoms with E-state index in [-0.39, 0.29) is 18.4 Å². The predicted molar refractivity (Wildman–Crippen MR) is 38.1 cm³/mol. The van der Waals surface area contributed by atoms with E-state index in [4.69, 9.17) is 17.0 Å². The van der Waals surface area contributed by atoms with E-state index >= 15 is 0 Å². The molecule has 1 atom stereocenters. The second-order valence-electron chi connectivity index (χ2n) is 2.05. The van der Waals surface area contributed by atoms with Crippen LogP contribution in [-0.2, 0) is 4.74 Å². The van der Waals surface area contributed by atoms with Gasteiger partial charge in [0.15, 0.2) is 4.99 Å². The summed E-state index contributed by atoms with van der Waals surface area (Å²) in [6.07, 6.45) is 0. The van der Waals surface area contributed by atoms with Crippen LogP contribution in [0.25, 0.3) is 0 Å². The van der Waals surface area contributed by atoms with Crippen LogP contribution in [0.15, 0.2) is 0 Å². The van der Waals surface area contributed by atoms with Crippen molar-refractivity contribution >= 4 is 17.2 Å². The first kappa shape index (κ1) is 10.3. The number of thiocarbonyl (C=S) groups is 1. The van der Waals surface area contributed by atoms with Crippen LogP contribution in [0, 0.1) is 0 Å². The van der Waals surface area contributed by atoms with Gasteiger partial charge in [-0.05, 0) is 12.2 Å². The summed E-state index contributed by atoms with van der Waals surface area (Å²) >= 11 is 4.86. The molecule has 1 aliphatic rings. The van der Waals surface area contributed by atoms with E-state index in [2.05, 4.69) is 11.1 Å². The first-order chi connectivity index (χ1) is 4.30. The Morgan fingerprint density at radius 2 is 2.40 bits per heavy atom. The van der Waals surface area contributed by atoms with Crippen molar-refractivity contribution in [1.82, 2.24) is 5.32 Å². The van der Waals surface area contributed by atoms with Crippen molar-refractivity contribution in [3.8, 4) is 0 Å². The third-order valence-corrected chi connectivity index (χ3v) is 1.59. The minimum Gasteiger partial charge on any atom is -1.00 e. The van der Waals surface area contributed by atoms with Crippen LogP contribution in [0.2, 0.25) is 0 Å². The van der Waals surface area contributed by atoms with Crippen molar-refractivity contribution in [2.45, 2.75) is 6.04 Å². The van der Waals surface area contributed by atoms with Crippen LogP contribution >= 0.6 is 12.2 Å². The fraction of sp³-hybridized carbons (Fsp3) is 0.800. The standard InChI is InChI=1S/C5H10N2OS.ClH/c6-5(9)4-3-8-2-1-7-4;/h4,7H,1-3H2,(H2,6,9);1H. The van der Waals surface area contributed by atoms with Crippen LogP contribution < -0.4 is 23.5 Å². The lowest BCUT2D eigenvalue weighted by Crippen LogP contribution is -3.00. The number of hydrogen-bond donors (Lipinski definition) is 2. The van der Waals surface area contributed by atoms with Gasteiger partial charge >= 0.3 is 0 Å².